The van der Waals surface area contributed by atoms with Gasteiger partial charge in [0.05, 0.1) is 17.3 Å². The van der Waals surface area contributed by atoms with Gasteiger partial charge in [-0.15, -0.1) is 0 Å². The van der Waals surface area contributed by atoms with E-state index in [2.05, 4.69) is 15.0 Å². The molecule has 2 heterocycles. The van der Waals surface area contributed by atoms with Gasteiger partial charge in [-0.2, -0.15) is 5.10 Å². The lowest BCUT2D eigenvalue weighted by atomic mass is 10.3. The summed E-state index contributed by atoms with van der Waals surface area (Å²) in [5.74, 6) is 0.651. The molecule has 1 amide bonds. The molecule has 0 radical (unpaired) electrons. The Morgan fingerprint density at radius 3 is 2.73 bits per heavy atom. The normalized spacial score (nSPS) is 11.3. The summed E-state index contributed by atoms with van der Waals surface area (Å²) >= 11 is 1.49. The van der Waals surface area contributed by atoms with Crippen LogP contribution < -0.4 is 9.64 Å². The summed E-state index contributed by atoms with van der Waals surface area (Å²) in [7, 11) is 7.49. The minimum Gasteiger partial charge on any atom is -0.497 e. The number of benzene rings is 1. The van der Waals surface area contributed by atoms with Gasteiger partial charge >= 0.3 is 0 Å². The number of carbonyl (C=O) groups is 1. The molecule has 0 N–H and O–H groups in total. The van der Waals surface area contributed by atoms with Crippen molar-refractivity contribution in [3.8, 4) is 5.75 Å². The lowest BCUT2D eigenvalue weighted by molar-refractivity contribution is 0.0980. The van der Waals surface area contributed by atoms with Gasteiger partial charge in [-0.1, -0.05) is 11.3 Å². The van der Waals surface area contributed by atoms with Crippen LogP contribution in [0, 0.1) is 0 Å². The number of carbonyl (C=O) groups excluding carboxylic acids is 1. The number of aromatic nitrogens is 3. The van der Waals surface area contributed by atoms with Gasteiger partial charge in [0, 0.05) is 19.8 Å². The smallest absolute Gasteiger partial charge is 0.280 e. The van der Waals surface area contributed by atoms with Gasteiger partial charge in [-0.05, 0) is 51.3 Å². The van der Waals surface area contributed by atoms with Crippen LogP contribution in [0.2, 0.25) is 0 Å². The molecule has 3 aromatic rings. The molecule has 26 heavy (non-hydrogen) atoms. The van der Waals surface area contributed by atoms with Gasteiger partial charge in [-0.25, -0.2) is 4.98 Å². The van der Waals surface area contributed by atoms with Crippen LogP contribution >= 0.6 is 11.3 Å². The number of hydrogen-bond donors (Lipinski definition) is 0. The molecule has 0 saturated heterocycles. The molecule has 0 unspecified atom stereocenters. The fraction of sp³-hybridized carbons (Fsp3) is 0.389. The summed E-state index contributed by atoms with van der Waals surface area (Å²) < 4.78 is 7.91. The highest BCUT2D eigenvalue weighted by Crippen LogP contribution is 2.32. The number of fused-ring (bicyclic) bond motifs is 1. The maximum absolute atomic E-state index is 13.0. The van der Waals surface area contributed by atoms with E-state index in [1.54, 1.807) is 36.0 Å². The van der Waals surface area contributed by atoms with Gasteiger partial charge in [0.2, 0.25) is 0 Å². The molecule has 7 nitrogen and oxygen atoms in total. The van der Waals surface area contributed by atoms with Gasteiger partial charge in [0.25, 0.3) is 5.91 Å². The first-order valence-electron chi connectivity index (χ1n) is 8.39. The third-order valence-electron chi connectivity index (χ3n) is 3.98. The molecule has 0 saturated carbocycles. The van der Waals surface area contributed by atoms with Crippen LogP contribution in [0.25, 0.3) is 10.2 Å². The van der Waals surface area contributed by atoms with Crippen molar-refractivity contribution in [3.63, 3.8) is 0 Å². The van der Waals surface area contributed by atoms with Crippen molar-refractivity contribution in [1.29, 1.82) is 0 Å². The third kappa shape index (κ3) is 4.03. The number of hydrogen-bond acceptors (Lipinski definition) is 6. The molecule has 0 atom stereocenters. The first kappa shape index (κ1) is 18.3. The highest BCUT2D eigenvalue weighted by Gasteiger charge is 2.23. The van der Waals surface area contributed by atoms with Crippen molar-refractivity contribution in [3.05, 3.63) is 36.2 Å². The van der Waals surface area contributed by atoms with Crippen LogP contribution in [-0.2, 0) is 7.05 Å². The zero-order valence-electron chi connectivity index (χ0n) is 15.5. The largest absolute Gasteiger partial charge is 0.497 e. The Morgan fingerprint density at radius 2 is 2.08 bits per heavy atom. The van der Waals surface area contributed by atoms with Gasteiger partial charge < -0.3 is 9.64 Å². The number of nitrogens with zero attached hydrogens (tertiary/aromatic N) is 5. The van der Waals surface area contributed by atoms with E-state index in [4.69, 9.17) is 4.74 Å². The van der Waals surface area contributed by atoms with E-state index in [0.717, 1.165) is 28.9 Å². The van der Waals surface area contributed by atoms with Gasteiger partial charge in [-0.3, -0.25) is 14.4 Å². The Morgan fingerprint density at radius 1 is 1.27 bits per heavy atom. The second-order valence-corrected chi connectivity index (χ2v) is 7.33. The van der Waals surface area contributed by atoms with E-state index in [0.29, 0.717) is 17.4 Å². The summed E-state index contributed by atoms with van der Waals surface area (Å²) in [6.45, 7) is 1.48. The molecule has 0 bridgehead atoms. The van der Waals surface area contributed by atoms with E-state index in [1.807, 2.05) is 32.3 Å². The van der Waals surface area contributed by atoms with Crippen LogP contribution in [0.1, 0.15) is 16.9 Å². The van der Waals surface area contributed by atoms with E-state index in [9.17, 15) is 4.79 Å². The Hall–Kier alpha value is -2.45. The first-order valence-corrected chi connectivity index (χ1v) is 9.20. The zero-order valence-corrected chi connectivity index (χ0v) is 16.3. The summed E-state index contributed by atoms with van der Waals surface area (Å²) in [6.07, 6.45) is 2.62. The molecule has 0 spiro atoms. The standard InChI is InChI=1S/C18H23N5O2S/c1-21(2)9-5-10-23(17(24)15-8-11-22(3)20-15)18-19-14-7-6-13(25-4)12-16(14)26-18/h6-8,11-12H,5,9-10H2,1-4H3. The maximum atomic E-state index is 13.0. The molecular weight excluding hydrogens is 350 g/mol. The average molecular weight is 373 g/mol. The zero-order chi connectivity index (χ0) is 18.7. The van der Waals surface area contributed by atoms with E-state index < -0.39 is 0 Å². The van der Waals surface area contributed by atoms with Crippen LogP contribution in [0.15, 0.2) is 30.5 Å². The lowest BCUT2D eigenvalue weighted by Crippen LogP contribution is -2.33. The molecule has 0 fully saturated rings. The van der Waals surface area contributed by atoms with Crippen molar-refractivity contribution in [1.82, 2.24) is 19.7 Å². The summed E-state index contributed by atoms with van der Waals surface area (Å²) in [6, 6.07) is 7.47. The molecule has 3 rings (SSSR count). The van der Waals surface area contributed by atoms with Crippen LogP contribution in [0.5, 0.6) is 5.75 Å². The Labute approximate surface area is 156 Å². The van der Waals surface area contributed by atoms with Crippen molar-refractivity contribution < 1.29 is 9.53 Å². The third-order valence-corrected chi connectivity index (χ3v) is 5.02. The Balaban J connectivity index is 1.92. The molecule has 2 aromatic heterocycles. The second-order valence-electron chi connectivity index (χ2n) is 6.32. The molecular formula is C18H23N5O2S. The average Bonchev–Trinajstić information content (AvgIpc) is 3.23. The van der Waals surface area contributed by atoms with E-state index in [1.165, 1.54) is 11.3 Å². The molecule has 0 aliphatic rings. The monoisotopic (exact) mass is 373 g/mol. The molecule has 0 aliphatic heterocycles. The highest BCUT2D eigenvalue weighted by molar-refractivity contribution is 7.22. The summed E-state index contributed by atoms with van der Waals surface area (Å²) in [5.41, 5.74) is 1.28. The summed E-state index contributed by atoms with van der Waals surface area (Å²) in [5, 5.41) is 4.94. The maximum Gasteiger partial charge on any atom is 0.280 e. The fourth-order valence-electron chi connectivity index (χ4n) is 2.63. The quantitative estimate of drug-likeness (QED) is 0.637. The molecule has 0 aliphatic carbocycles. The van der Waals surface area contributed by atoms with E-state index in [-0.39, 0.29) is 5.91 Å². The highest BCUT2D eigenvalue weighted by atomic mass is 32.1. The summed E-state index contributed by atoms with van der Waals surface area (Å²) in [4.78, 5) is 21.5. The first-order chi connectivity index (χ1) is 12.5. The number of ether oxygens (including phenoxy) is 1. The Bertz CT molecular complexity index is 902. The number of thiazole rings is 1. The van der Waals surface area contributed by atoms with Crippen molar-refractivity contribution in [2.75, 3.05) is 39.2 Å². The number of methoxy groups -OCH3 is 1. The number of rotatable bonds is 7. The minimum atomic E-state index is -0.129. The topological polar surface area (TPSA) is 63.5 Å². The lowest BCUT2D eigenvalue weighted by Gasteiger charge is -2.20. The SMILES string of the molecule is COc1ccc2nc(N(CCCN(C)C)C(=O)c3ccn(C)n3)sc2c1. The number of amides is 1. The number of anilines is 1. The van der Waals surface area contributed by atoms with Crippen LogP contribution in [0.4, 0.5) is 5.13 Å². The Kier molecular flexibility index (Phi) is 5.53. The predicted molar refractivity (Wildman–Crippen MR) is 104 cm³/mol. The molecule has 138 valence electrons. The van der Waals surface area contributed by atoms with Gasteiger partial charge in [0.15, 0.2) is 10.8 Å². The van der Waals surface area contributed by atoms with Crippen LogP contribution in [-0.4, -0.2) is 59.9 Å². The number of aryl methyl sites for hydroxylation is 1. The van der Waals surface area contributed by atoms with Crippen molar-refractivity contribution in [2.24, 2.45) is 7.05 Å². The second kappa shape index (κ2) is 7.84. The van der Waals surface area contributed by atoms with Crippen molar-refractivity contribution in [2.45, 2.75) is 6.42 Å². The van der Waals surface area contributed by atoms with Crippen molar-refractivity contribution >= 4 is 32.6 Å². The minimum absolute atomic E-state index is 0.129. The molecule has 8 heteroatoms. The van der Waals surface area contributed by atoms with Crippen LogP contribution in [0.3, 0.4) is 0 Å². The van der Waals surface area contributed by atoms with Gasteiger partial charge in [0.1, 0.15) is 5.75 Å². The predicted octanol–water partition coefficient (Wildman–Crippen LogP) is 2.64. The fourth-order valence-corrected chi connectivity index (χ4v) is 3.65. The van der Waals surface area contributed by atoms with E-state index >= 15 is 0 Å². The molecule has 1 aromatic carbocycles.